The highest BCUT2D eigenvalue weighted by molar-refractivity contribution is 6.25. The molecule has 9 nitrogen and oxygen atoms in total. The van der Waals surface area contributed by atoms with Crippen molar-refractivity contribution >= 4 is 67.8 Å². The number of hydrogen-bond acceptors (Lipinski definition) is 7. The molecule has 6 aromatic rings. The zero-order valence-corrected chi connectivity index (χ0v) is 20.5. The van der Waals surface area contributed by atoms with Crippen LogP contribution in [0, 0.1) is 13.8 Å². The molecule has 2 aromatic heterocycles. The Morgan fingerprint density at radius 1 is 0.641 bits per heavy atom. The lowest BCUT2D eigenvalue weighted by atomic mass is 9.96. The van der Waals surface area contributed by atoms with Crippen molar-refractivity contribution in [1.82, 2.24) is 0 Å². The molecular weight excluding hydrogens is 504 g/mol. The Morgan fingerprint density at radius 2 is 1.03 bits per heavy atom. The molecule has 4 aromatic carbocycles. The molecule has 0 fully saturated rings. The van der Waals surface area contributed by atoms with E-state index >= 15 is 0 Å². The van der Waals surface area contributed by atoms with Crippen molar-refractivity contribution < 1.29 is 43.0 Å². The van der Waals surface area contributed by atoms with Gasteiger partial charge in [-0.1, -0.05) is 36.4 Å². The highest BCUT2D eigenvalue weighted by atomic mass is 16.6. The van der Waals surface area contributed by atoms with Gasteiger partial charge in [0.25, 0.3) is 0 Å². The number of carboxylic acids is 2. The van der Waals surface area contributed by atoms with Gasteiger partial charge in [0, 0.05) is 21.5 Å². The van der Waals surface area contributed by atoms with Crippen LogP contribution in [0.2, 0.25) is 0 Å². The third kappa shape index (κ3) is 3.55. The molecule has 0 saturated carbocycles. The quantitative estimate of drug-likeness (QED) is 0.196. The number of hydrogen-bond donors (Lipinski definition) is 2. The normalized spacial score (nSPS) is 11.4. The number of fused-ring (bicyclic) bond motifs is 6. The number of benzene rings is 4. The molecule has 0 radical (unpaired) electrons. The molecule has 0 unspecified atom stereocenters. The Morgan fingerprint density at radius 3 is 1.41 bits per heavy atom. The molecule has 0 amide bonds. The van der Waals surface area contributed by atoms with Crippen molar-refractivity contribution in [1.29, 1.82) is 0 Å². The zero-order chi connectivity index (χ0) is 27.6. The Bertz CT molecular complexity index is 1910. The Labute approximate surface area is 218 Å². The van der Waals surface area contributed by atoms with Crippen molar-refractivity contribution in [2.24, 2.45) is 0 Å². The number of ether oxygens (including phenoxy) is 1. The van der Waals surface area contributed by atoms with Crippen LogP contribution in [0.5, 0.6) is 0 Å². The van der Waals surface area contributed by atoms with Gasteiger partial charge in [0.15, 0.2) is 0 Å². The van der Waals surface area contributed by atoms with Crippen LogP contribution in [0.25, 0.3) is 43.9 Å². The van der Waals surface area contributed by atoms with Gasteiger partial charge < -0.3 is 23.8 Å². The third-order valence-corrected chi connectivity index (χ3v) is 6.72. The molecular formula is C30H18O9. The second-order valence-electron chi connectivity index (χ2n) is 9.12. The third-order valence-electron chi connectivity index (χ3n) is 6.72. The molecule has 0 saturated heterocycles. The van der Waals surface area contributed by atoms with Crippen molar-refractivity contribution in [2.45, 2.75) is 13.8 Å². The van der Waals surface area contributed by atoms with E-state index in [9.17, 15) is 29.4 Å². The van der Waals surface area contributed by atoms with Crippen LogP contribution in [-0.2, 0) is 4.74 Å². The van der Waals surface area contributed by atoms with Crippen LogP contribution in [0.1, 0.15) is 52.6 Å². The fourth-order valence-electron chi connectivity index (χ4n) is 5.07. The van der Waals surface area contributed by atoms with E-state index in [-0.39, 0.29) is 44.2 Å². The fourth-order valence-corrected chi connectivity index (χ4v) is 5.07. The predicted octanol–water partition coefficient (Wildman–Crippen LogP) is 6.50. The monoisotopic (exact) mass is 522 g/mol. The van der Waals surface area contributed by atoms with Crippen LogP contribution in [0.15, 0.2) is 69.5 Å². The topological polar surface area (TPSA) is 144 Å². The number of carboxylic acid groups (broad SMARTS) is 2. The summed E-state index contributed by atoms with van der Waals surface area (Å²) < 4.78 is 17.0. The first-order valence-corrected chi connectivity index (χ1v) is 11.8. The van der Waals surface area contributed by atoms with Crippen LogP contribution >= 0.6 is 0 Å². The molecule has 6 rings (SSSR count). The zero-order valence-electron chi connectivity index (χ0n) is 20.5. The Kier molecular flexibility index (Phi) is 5.25. The minimum atomic E-state index is -1.41. The lowest BCUT2D eigenvalue weighted by Gasteiger charge is -2.11. The molecule has 0 bridgehead atoms. The standard InChI is InChI=1S/C30H18O9/c1-13-11-17(27(31)32)23(21-15-7-3-5-9-19(15)37-25(13)21)29(35)39-30(36)24-18(28(33)34)12-14(2)26-22(24)16-8-4-6-10-20(16)38-26/h3-12H,1-2H3,(H,31,32)(H,33,34). The summed E-state index contributed by atoms with van der Waals surface area (Å²) in [5, 5.41) is 21.1. The summed E-state index contributed by atoms with van der Waals surface area (Å²) in [7, 11) is 0. The maximum Gasteiger partial charge on any atom is 0.347 e. The lowest BCUT2D eigenvalue weighted by molar-refractivity contribution is 0.0389. The molecule has 0 atom stereocenters. The van der Waals surface area contributed by atoms with Crippen molar-refractivity contribution in [3.8, 4) is 0 Å². The first kappa shape index (κ1) is 23.9. The number of aromatic carboxylic acids is 2. The summed E-state index contributed by atoms with van der Waals surface area (Å²) >= 11 is 0. The number of esters is 2. The van der Waals surface area contributed by atoms with E-state index in [0.717, 1.165) is 0 Å². The SMILES string of the molecule is Cc1cc(C(=O)O)c(C(=O)OC(=O)c2c(C(=O)O)cc(C)c3oc4ccccc4c23)c2c1oc1ccccc12. The molecule has 0 aliphatic heterocycles. The molecule has 2 heterocycles. The maximum atomic E-state index is 13.6. The summed E-state index contributed by atoms with van der Waals surface area (Å²) in [4.78, 5) is 51.6. The number of furan rings is 2. The average molecular weight is 522 g/mol. The summed E-state index contributed by atoms with van der Waals surface area (Å²) in [6.45, 7) is 3.28. The number of carbonyl (C=O) groups excluding carboxylic acids is 2. The first-order chi connectivity index (χ1) is 18.7. The van der Waals surface area contributed by atoms with E-state index in [2.05, 4.69) is 0 Å². The molecule has 192 valence electrons. The van der Waals surface area contributed by atoms with E-state index in [0.29, 0.717) is 33.1 Å². The highest BCUT2D eigenvalue weighted by Crippen LogP contribution is 2.38. The molecule has 9 heteroatoms. The van der Waals surface area contributed by atoms with Crippen LogP contribution in [-0.4, -0.2) is 34.1 Å². The van der Waals surface area contributed by atoms with E-state index in [1.165, 1.54) is 12.1 Å². The first-order valence-electron chi connectivity index (χ1n) is 11.8. The van der Waals surface area contributed by atoms with Gasteiger partial charge in [-0.25, -0.2) is 19.2 Å². The van der Waals surface area contributed by atoms with E-state index in [4.69, 9.17) is 13.6 Å². The summed E-state index contributed by atoms with van der Waals surface area (Å²) in [5.41, 5.74) is 0.789. The Balaban J connectivity index is 1.58. The molecule has 39 heavy (non-hydrogen) atoms. The fraction of sp³-hybridized carbons (Fsp3) is 0.0667. The summed E-state index contributed by atoms with van der Waals surface area (Å²) in [6, 6.07) is 16.1. The van der Waals surface area contributed by atoms with Crippen molar-refractivity contribution in [3.63, 3.8) is 0 Å². The van der Waals surface area contributed by atoms with E-state index in [1.807, 2.05) is 0 Å². The largest absolute Gasteiger partial charge is 0.478 e. The number of para-hydroxylation sites is 2. The van der Waals surface area contributed by atoms with Gasteiger partial charge in [0.2, 0.25) is 0 Å². The summed E-state index contributed by atoms with van der Waals surface area (Å²) in [5.74, 6) is -5.33. The molecule has 2 N–H and O–H groups in total. The average Bonchev–Trinajstić information content (AvgIpc) is 3.48. The van der Waals surface area contributed by atoms with Gasteiger partial charge in [0.1, 0.15) is 22.3 Å². The number of carbonyl (C=O) groups is 4. The second kappa shape index (κ2) is 8.56. The van der Waals surface area contributed by atoms with Gasteiger partial charge in [-0.3, -0.25) is 0 Å². The maximum absolute atomic E-state index is 13.6. The van der Waals surface area contributed by atoms with E-state index < -0.39 is 23.9 Å². The molecule has 0 aliphatic rings. The minimum absolute atomic E-state index is 0.182. The number of rotatable bonds is 4. The summed E-state index contributed by atoms with van der Waals surface area (Å²) in [6.07, 6.45) is 0. The van der Waals surface area contributed by atoms with Crippen LogP contribution in [0.3, 0.4) is 0 Å². The van der Waals surface area contributed by atoms with Crippen molar-refractivity contribution in [3.05, 3.63) is 94.0 Å². The molecule has 0 spiro atoms. The lowest BCUT2D eigenvalue weighted by Crippen LogP contribution is -2.19. The highest BCUT2D eigenvalue weighted by Gasteiger charge is 2.31. The van der Waals surface area contributed by atoms with Crippen LogP contribution < -0.4 is 0 Å². The Hall–Kier alpha value is -5.44. The van der Waals surface area contributed by atoms with Gasteiger partial charge in [-0.05, 0) is 49.2 Å². The minimum Gasteiger partial charge on any atom is -0.478 e. The van der Waals surface area contributed by atoms with Crippen molar-refractivity contribution in [2.75, 3.05) is 0 Å². The van der Waals surface area contributed by atoms with Gasteiger partial charge in [-0.15, -0.1) is 0 Å². The molecule has 0 aliphatic carbocycles. The number of aryl methyl sites for hydroxylation is 2. The smallest absolute Gasteiger partial charge is 0.347 e. The van der Waals surface area contributed by atoms with Gasteiger partial charge in [-0.2, -0.15) is 0 Å². The second-order valence-corrected chi connectivity index (χ2v) is 9.12. The van der Waals surface area contributed by atoms with E-state index in [1.54, 1.807) is 62.4 Å². The predicted molar refractivity (Wildman–Crippen MR) is 141 cm³/mol. The van der Waals surface area contributed by atoms with Crippen LogP contribution in [0.4, 0.5) is 0 Å². The van der Waals surface area contributed by atoms with Gasteiger partial charge in [0.05, 0.1) is 22.3 Å². The van der Waals surface area contributed by atoms with Gasteiger partial charge >= 0.3 is 23.9 Å².